The molecule has 0 aliphatic carbocycles. The van der Waals surface area contributed by atoms with Crippen molar-refractivity contribution in [2.24, 2.45) is 4.99 Å². The molecule has 0 saturated heterocycles. The molecule has 1 aliphatic rings. The minimum Gasteiger partial charge on any atom is -0.378 e. The van der Waals surface area contributed by atoms with Crippen molar-refractivity contribution < 1.29 is 0 Å². The number of hydrogen-bond donors (Lipinski definition) is 1. The Morgan fingerprint density at radius 2 is 1.38 bits per heavy atom. The lowest BCUT2D eigenvalue weighted by Crippen LogP contribution is -2.18. The third kappa shape index (κ3) is 2.12. The molecule has 0 radical (unpaired) electrons. The largest absolute Gasteiger partial charge is 0.378 e. The van der Waals surface area contributed by atoms with Crippen molar-refractivity contribution in [2.45, 2.75) is 0 Å². The highest BCUT2D eigenvalue weighted by Gasteiger charge is 2.15. The molecule has 4 aromatic rings. The molecule has 114 valence electrons. The molecule has 0 fully saturated rings. The maximum atomic E-state index is 4.83. The van der Waals surface area contributed by atoms with Crippen LogP contribution in [0.1, 0.15) is 5.56 Å². The average molecular weight is 310 g/mol. The molecule has 1 N–H and O–H groups in total. The number of para-hydroxylation sites is 2. The molecule has 0 bridgehead atoms. The average Bonchev–Trinajstić information content (AvgIpc) is 2.65. The molecule has 5 rings (SSSR count). The van der Waals surface area contributed by atoms with Gasteiger partial charge >= 0.3 is 0 Å². The minimum atomic E-state index is 0.712. The SMILES string of the molecule is c1ccc(C2=Nc3cc4nc5ccccc5nc4cc3NC2)cc1. The van der Waals surface area contributed by atoms with Crippen LogP contribution in [0.3, 0.4) is 0 Å². The summed E-state index contributed by atoms with van der Waals surface area (Å²) in [5.74, 6) is 0. The van der Waals surface area contributed by atoms with Gasteiger partial charge in [-0.25, -0.2) is 15.0 Å². The van der Waals surface area contributed by atoms with Crippen molar-refractivity contribution in [3.8, 4) is 0 Å². The van der Waals surface area contributed by atoms with Crippen LogP contribution in [0, 0.1) is 0 Å². The zero-order valence-electron chi connectivity index (χ0n) is 12.9. The van der Waals surface area contributed by atoms with E-state index < -0.39 is 0 Å². The summed E-state index contributed by atoms with van der Waals surface area (Å²) in [6.45, 7) is 0.712. The minimum absolute atomic E-state index is 0.712. The topological polar surface area (TPSA) is 50.2 Å². The van der Waals surface area contributed by atoms with Gasteiger partial charge in [-0.15, -0.1) is 0 Å². The number of anilines is 1. The van der Waals surface area contributed by atoms with Crippen LogP contribution in [0.2, 0.25) is 0 Å². The van der Waals surface area contributed by atoms with Crippen LogP contribution in [0.15, 0.2) is 71.7 Å². The van der Waals surface area contributed by atoms with Gasteiger partial charge in [-0.3, -0.25) is 0 Å². The van der Waals surface area contributed by atoms with E-state index in [1.165, 1.54) is 0 Å². The summed E-state index contributed by atoms with van der Waals surface area (Å²) in [5, 5.41) is 3.45. The first-order valence-corrected chi connectivity index (χ1v) is 7.94. The summed E-state index contributed by atoms with van der Waals surface area (Å²) < 4.78 is 0. The number of nitrogens with zero attached hydrogens (tertiary/aromatic N) is 3. The van der Waals surface area contributed by atoms with Gasteiger partial charge in [0.2, 0.25) is 0 Å². The lowest BCUT2D eigenvalue weighted by Gasteiger charge is -2.18. The Balaban J connectivity index is 1.69. The quantitative estimate of drug-likeness (QED) is 0.532. The van der Waals surface area contributed by atoms with Gasteiger partial charge in [-0.2, -0.15) is 0 Å². The molecule has 0 atom stereocenters. The Morgan fingerprint density at radius 1 is 0.708 bits per heavy atom. The Labute approximate surface area is 138 Å². The number of hydrogen-bond acceptors (Lipinski definition) is 4. The zero-order valence-corrected chi connectivity index (χ0v) is 12.9. The summed E-state index contributed by atoms with van der Waals surface area (Å²) in [5.41, 5.74) is 7.67. The Bertz CT molecular complexity index is 1100. The molecule has 4 heteroatoms. The fourth-order valence-electron chi connectivity index (χ4n) is 3.05. The molecule has 1 aromatic heterocycles. The van der Waals surface area contributed by atoms with Crippen LogP contribution < -0.4 is 5.32 Å². The van der Waals surface area contributed by atoms with E-state index in [4.69, 9.17) is 15.0 Å². The van der Waals surface area contributed by atoms with Crippen LogP contribution in [0.4, 0.5) is 11.4 Å². The maximum Gasteiger partial charge on any atom is 0.0917 e. The van der Waals surface area contributed by atoms with Crippen molar-refractivity contribution in [1.29, 1.82) is 0 Å². The van der Waals surface area contributed by atoms with E-state index in [0.717, 1.165) is 44.7 Å². The summed E-state index contributed by atoms with van der Waals surface area (Å²) in [6.07, 6.45) is 0. The Kier molecular flexibility index (Phi) is 2.82. The summed E-state index contributed by atoms with van der Waals surface area (Å²) in [7, 11) is 0. The molecule has 0 spiro atoms. The first-order chi connectivity index (χ1) is 11.9. The smallest absolute Gasteiger partial charge is 0.0917 e. The third-order valence-electron chi connectivity index (χ3n) is 4.27. The van der Waals surface area contributed by atoms with Gasteiger partial charge in [0.1, 0.15) is 0 Å². The van der Waals surface area contributed by atoms with E-state index in [-0.39, 0.29) is 0 Å². The van der Waals surface area contributed by atoms with Gasteiger partial charge in [0.25, 0.3) is 0 Å². The molecule has 0 saturated carbocycles. The van der Waals surface area contributed by atoms with Crippen molar-refractivity contribution in [1.82, 2.24) is 9.97 Å². The molecule has 2 heterocycles. The summed E-state index contributed by atoms with van der Waals surface area (Å²) in [4.78, 5) is 14.3. The zero-order chi connectivity index (χ0) is 15.9. The highest BCUT2D eigenvalue weighted by atomic mass is 15.0. The van der Waals surface area contributed by atoms with E-state index in [2.05, 4.69) is 17.4 Å². The predicted octanol–water partition coefficient (Wildman–Crippen LogP) is 4.33. The molecule has 24 heavy (non-hydrogen) atoms. The molecule has 0 amide bonds. The van der Waals surface area contributed by atoms with Gasteiger partial charge in [0.05, 0.1) is 45.7 Å². The van der Waals surface area contributed by atoms with Crippen molar-refractivity contribution in [3.63, 3.8) is 0 Å². The standard InChI is InChI=1S/C20H14N4/c1-2-6-13(7-3-1)20-12-21-16-10-18-19(11-17(16)24-20)23-15-9-5-4-8-14(15)22-18/h1-11,21H,12H2. The van der Waals surface area contributed by atoms with Crippen LogP contribution in [0.5, 0.6) is 0 Å². The van der Waals surface area contributed by atoms with Gasteiger partial charge in [0, 0.05) is 0 Å². The van der Waals surface area contributed by atoms with Gasteiger partial charge in [0.15, 0.2) is 0 Å². The van der Waals surface area contributed by atoms with E-state index in [9.17, 15) is 0 Å². The van der Waals surface area contributed by atoms with Crippen molar-refractivity contribution >= 4 is 39.2 Å². The highest BCUT2D eigenvalue weighted by Crippen LogP contribution is 2.33. The lowest BCUT2D eigenvalue weighted by molar-refractivity contribution is 1.29. The molecule has 4 nitrogen and oxygen atoms in total. The Morgan fingerprint density at radius 3 is 2.12 bits per heavy atom. The van der Waals surface area contributed by atoms with Crippen LogP contribution in [0.25, 0.3) is 22.1 Å². The van der Waals surface area contributed by atoms with Gasteiger partial charge < -0.3 is 5.32 Å². The first-order valence-electron chi connectivity index (χ1n) is 7.94. The number of fused-ring (bicyclic) bond motifs is 3. The number of aliphatic imine (C=N–C) groups is 1. The van der Waals surface area contributed by atoms with E-state index >= 15 is 0 Å². The molecule has 0 unspecified atom stereocenters. The van der Waals surface area contributed by atoms with E-state index in [0.29, 0.717) is 6.54 Å². The summed E-state index contributed by atoms with van der Waals surface area (Å²) in [6, 6.07) is 22.2. The van der Waals surface area contributed by atoms with Crippen molar-refractivity contribution in [2.75, 3.05) is 11.9 Å². The third-order valence-corrected chi connectivity index (χ3v) is 4.27. The monoisotopic (exact) mass is 310 g/mol. The number of aromatic nitrogens is 2. The van der Waals surface area contributed by atoms with Crippen LogP contribution in [-0.2, 0) is 0 Å². The molecule has 3 aromatic carbocycles. The second-order valence-electron chi connectivity index (χ2n) is 5.85. The van der Waals surface area contributed by atoms with Crippen LogP contribution >= 0.6 is 0 Å². The molecular weight excluding hydrogens is 296 g/mol. The number of benzene rings is 3. The molecular formula is C20H14N4. The Hall–Kier alpha value is -3.27. The van der Waals surface area contributed by atoms with E-state index in [1.54, 1.807) is 0 Å². The second-order valence-corrected chi connectivity index (χ2v) is 5.85. The second kappa shape index (κ2) is 5.13. The summed E-state index contributed by atoms with van der Waals surface area (Å²) >= 11 is 0. The van der Waals surface area contributed by atoms with Crippen molar-refractivity contribution in [3.05, 3.63) is 72.3 Å². The fraction of sp³-hybridized carbons (Fsp3) is 0.0500. The van der Waals surface area contributed by atoms with Gasteiger partial charge in [-0.05, 0) is 29.8 Å². The van der Waals surface area contributed by atoms with E-state index in [1.807, 2.05) is 54.6 Å². The number of rotatable bonds is 1. The number of nitrogens with one attached hydrogen (secondary N) is 1. The molecule has 1 aliphatic heterocycles. The van der Waals surface area contributed by atoms with Crippen LogP contribution in [-0.4, -0.2) is 22.2 Å². The fourth-order valence-corrected chi connectivity index (χ4v) is 3.05. The van der Waals surface area contributed by atoms with Gasteiger partial charge in [-0.1, -0.05) is 42.5 Å². The lowest BCUT2D eigenvalue weighted by atomic mass is 10.1. The maximum absolute atomic E-state index is 4.83. The predicted molar refractivity (Wildman–Crippen MR) is 98.2 cm³/mol. The first kappa shape index (κ1) is 13.2. The normalized spacial score (nSPS) is 13.4. The highest BCUT2D eigenvalue weighted by molar-refractivity contribution is 6.08.